The van der Waals surface area contributed by atoms with Gasteiger partial charge in [0.05, 0.1) is 0 Å². The first kappa shape index (κ1) is 21.6. The van der Waals surface area contributed by atoms with Gasteiger partial charge in [-0.25, -0.2) is 0 Å². The lowest BCUT2D eigenvalue weighted by Crippen LogP contribution is -2.30. The third kappa shape index (κ3) is 4.42. The van der Waals surface area contributed by atoms with Crippen molar-refractivity contribution in [2.45, 2.75) is 79.1 Å². The molecule has 0 aliphatic heterocycles. The largest absolute Gasteiger partial charge is 0.0799 e. The van der Waals surface area contributed by atoms with E-state index < -0.39 is 0 Å². The van der Waals surface area contributed by atoms with Crippen LogP contribution in [0.4, 0.5) is 0 Å². The van der Waals surface area contributed by atoms with Crippen molar-refractivity contribution in [3.63, 3.8) is 0 Å². The molecular weight excluding hydrogens is 348 g/mol. The molecule has 1 unspecified atom stereocenters. The highest BCUT2D eigenvalue weighted by Crippen LogP contribution is 2.42. The van der Waals surface area contributed by atoms with Crippen molar-refractivity contribution in [3.05, 3.63) is 93.6 Å². The summed E-state index contributed by atoms with van der Waals surface area (Å²) in [5.74, 6) is 0.521. The van der Waals surface area contributed by atoms with E-state index in [0.29, 0.717) is 5.92 Å². The minimum Gasteiger partial charge on any atom is -0.0799 e. The highest BCUT2D eigenvalue weighted by molar-refractivity contribution is 5.45. The first-order chi connectivity index (χ1) is 13.5. The molecule has 154 valence electrons. The van der Waals surface area contributed by atoms with Crippen LogP contribution in [0.1, 0.15) is 74.4 Å². The number of aryl methyl sites for hydroxylation is 4. The Morgan fingerprint density at radius 3 is 1.93 bits per heavy atom. The molecule has 3 rings (SSSR count). The highest BCUT2D eigenvalue weighted by atomic mass is 14.4. The van der Waals surface area contributed by atoms with Crippen molar-refractivity contribution in [2.24, 2.45) is 5.92 Å². The van der Waals surface area contributed by atoms with E-state index >= 15 is 0 Å². The molecule has 0 nitrogen and oxygen atoms in total. The summed E-state index contributed by atoms with van der Waals surface area (Å²) in [6, 6.07) is 14.1. The second kappa shape index (κ2) is 7.98. The van der Waals surface area contributed by atoms with E-state index in [1.54, 1.807) is 0 Å². The molecule has 1 aliphatic rings. The molecule has 0 radical (unpaired) electrons. The van der Waals surface area contributed by atoms with Crippen LogP contribution in [0.25, 0.3) is 0 Å². The average Bonchev–Trinajstić information content (AvgIpc) is 2.66. The summed E-state index contributed by atoms with van der Waals surface area (Å²) in [5.41, 5.74) is 9.98. The predicted octanol–water partition coefficient (Wildman–Crippen LogP) is 7.93. The van der Waals surface area contributed by atoms with Crippen LogP contribution in [0, 0.1) is 26.7 Å². The average molecular weight is 387 g/mol. The normalized spacial score (nSPS) is 17.4. The molecule has 2 aromatic rings. The van der Waals surface area contributed by atoms with Crippen LogP contribution in [-0.2, 0) is 17.3 Å². The van der Waals surface area contributed by atoms with Crippen molar-refractivity contribution in [1.82, 2.24) is 0 Å². The lowest BCUT2D eigenvalue weighted by atomic mass is 9.67. The summed E-state index contributed by atoms with van der Waals surface area (Å²) in [7, 11) is 0. The Morgan fingerprint density at radius 2 is 1.38 bits per heavy atom. The van der Waals surface area contributed by atoms with E-state index in [0.717, 1.165) is 12.8 Å². The molecule has 29 heavy (non-hydrogen) atoms. The Morgan fingerprint density at radius 1 is 0.793 bits per heavy atom. The van der Waals surface area contributed by atoms with Crippen molar-refractivity contribution in [2.75, 3.05) is 0 Å². The maximum absolute atomic E-state index is 2.49. The van der Waals surface area contributed by atoms with Gasteiger partial charge in [-0.15, -0.1) is 0 Å². The molecule has 0 saturated carbocycles. The summed E-state index contributed by atoms with van der Waals surface area (Å²) in [6.45, 7) is 18.4. The molecular formula is C29H38. The molecule has 0 heterocycles. The zero-order valence-electron chi connectivity index (χ0n) is 19.7. The molecule has 0 N–H and O–H groups in total. The third-order valence-electron chi connectivity index (χ3n) is 6.98. The molecule has 0 aromatic heterocycles. The molecule has 2 aromatic carbocycles. The van der Waals surface area contributed by atoms with Crippen LogP contribution >= 0.6 is 0 Å². The minimum atomic E-state index is 0.0289. The second-order valence-electron chi connectivity index (χ2n) is 10.1. The third-order valence-corrected chi connectivity index (χ3v) is 6.98. The number of hydrogen-bond acceptors (Lipinski definition) is 0. The van der Waals surface area contributed by atoms with Gasteiger partial charge in [0.1, 0.15) is 0 Å². The summed E-state index contributed by atoms with van der Waals surface area (Å²) < 4.78 is 0. The van der Waals surface area contributed by atoms with E-state index in [2.05, 4.69) is 110 Å². The first-order valence-electron chi connectivity index (χ1n) is 11.1. The Balaban J connectivity index is 1.86. The van der Waals surface area contributed by atoms with E-state index in [1.165, 1.54) is 39.0 Å². The maximum atomic E-state index is 2.49. The molecule has 0 spiro atoms. The Bertz CT molecular complexity index is 930. The predicted molar refractivity (Wildman–Crippen MR) is 128 cm³/mol. The van der Waals surface area contributed by atoms with Gasteiger partial charge in [0.15, 0.2) is 0 Å². The van der Waals surface area contributed by atoms with Crippen LogP contribution in [0.2, 0.25) is 0 Å². The second-order valence-corrected chi connectivity index (χ2v) is 10.1. The topological polar surface area (TPSA) is 0 Å². The Kier molecular flexibility index (Phi) is 5.95. The quantitative estimate of drug-likeness (QED) is 0.489. The van der Waals surface area contributed by atoms with Crippen molar-refractivity contribution < 1.29 is 0 Å². The fourth-order valence-corrected chi connectivity index (χ4v) is 4.77. The molecule has 0 bridgehead atoms. The van der Waals surface area contributed by atoms with Crippen LogP contribution in [0.15, 0.2) is 60.2 Å². The number of rotatable bonds is 5. The van der Waals surface area contributed by atoms with Crippen molar-refractivity contribution in [1.29, 1.82) is 0 Å². The van der Waals surface area contributed by atoms with Crippen LogP contribution in [0.3, 0.4) is 0 Å². The van der Waals surface area contributed by atoms with E-state index in [9.17, 15) is 0 Å². The Hall–Kier alpha value is -2.08. The van der Waals surface area contributed by atoms with Crippen LogP contribution in [-0.4, -0.2) is 0 Å². The van der Waals surface area contributed by atoms with E-state index in [-0.39, 0.29) is 10.8 Å². The molecule has 0 saturated heterocycles. The lowest BCUT2D eigenvalue weighted by molar-refractivity contribution is 0.379. The number of benzene rings is 2. The van der Waals surface area contributed by atoms with Gasteiger partial charge in [0, 0.05) is 5.41 Å². The van der Waals surface area contributed by atoms with Gasteiger partial charge in [0.2, 0.25) is 0 Å². The smallest absolute Gasteiger partial charge is 0.0143 e. The summed E-state index contributed by atoms with van der Waals surface area (Å²) >= 11 is 0. The Labute approximate surface area is 178 Å². The standard InChI is InChI=1S/C29H38/c1-9-23-15-22(4)18-27(19-23)29(7,8)25-12-10-24(11-13-25)28(5,6)26-16-20(2)14-21(3)17-26/h10-12,14-19,25H,9,13H2,1-8H3. The molecule has 0 amide bonds. The van der Waals surface area contributed by atoms with Crippen molar-refractivity contribution >= 4 is 0 Å². The maximum Gasteiger partial charge on any atom is 0.0143 e. The number of allylic oxidation sites excluding steroid dienone is 4. The zero-order chi connectivity index (χ0) is 21.4. The molecule has 1 aliphatic carbocycles. The SMILES string of the molecule is CCc1cc(C)cc(C(C)(C)C2C=CC(C(C)(C)c3cc(C)cc(C)c3)=CC2)c1. The molecule has 0 heteroatoms. The zero-order valence-corrected chi connectivity index (χ0v) is 19.7. The lowest BCUT2D eigenvalue weighted by Gasteiger charge is -2.37. The van der Waals surface area contributed by atoms with Gasteiger partial charge < -0.3 is 0 Å². The van der Waals surface area contributed by atoms with Gasteiger partial charge >= 0.3 is 0 Å². The summed E-state index contributed by atoms with van der Waals surface area (Å²) in [5, 5.41) is 0. The molecule has 0 fully saturated rings. The van der Waals surface area contributed by atoms with Gasteiger partial charge in [-0.1, -0.05) is 106 Å². The van der Waals surface area contributed by atoms with Crippen LogP contribution < -0.4 is 0 Å². The van der Waals surface area contributed by atoms with Gasteiger partial charge in [-0.3, -0.25) is 0 Å². The minimum absolute atomic E-state index is 0.0289. The molecule has 1 atom stereocenters. The van der Waals surface area contributed by atoms with E-state index in [4.69, 9.17) is 0 Å². The van der Waals surface area contributed by atoms with Gasteiger partial charge in [-0.2, -0.15) is 0 Å². The summed E-state index contributed by atoms with van der Waals surface area (Å²) in [6.07, 6.45) is 9.54. The van der Waals surface area contributed by atoms with Gasteiger partial charge in [0.25, 0.3) is 0 Å². The van der Waals surface area contributed by atoms with Crippen molar-refractivity contribution in [3.8, 4) is 0 Å². The first-order valence-corrected chi connectivity index (χ1v) is 11.1. The monoisotopic (exact) mass is 386 g/mol. The summed E-state index contributed by atoms with van der Waals surface area (Å²) in [4.78, 5) is 0. The van der Waals surface area contributed by atoms with E-state index in [1.807, 2.05) is 0 Å². The van der Waals surface area contributed by atoms with Crippen LogP contribution in [0.5, 0.6) is 0 Å². The number of hydrogen-bond donors (Lipinski definition) is 0. The van der Waals surface area contributed by atoms with Gasteiger partial charge in [-0.05, 0) is 67.2 Å². The fourth-order valence-electron chi connectivity index (χ4n) is 4.77. The highest BCUT2D eigenvalue weighted by Gasteiger charge is 2.33. The fraction of sp³-hybridized carbons (Fsp3) is 0.448.